The highest BCUT2D eigenvalue weighted by atomic mass is 19.1. The van der Waals surface area contributed by atoms with Gasteiger partial charge in [-0.25, -0.2) is 4.39 Å². The van der Waals surface area contributed by atoms with Crippen molar-refractivity contribution >= 4 is 5.69 Å². The monoisotopic (exact) mass is 273 g/mol. The molecule has 0 aliphatic rings. The molecule has 0 aliphatic carbocycles. The zero-order chi connectivity index (χ0) is 14.5. The molecule has 1 aromatic carbocycles. The Balaban J connectivity index is 2.04. The van der Waals surface area contributed by atoms with Crippen LogP contribution in [0.5, 0.6) is 0 Å². The quantitative estimate of drug-likeness (QED) is 0.910. The highest BCUT2D eigenvalue weighted by Crippen LogP contribution is 2.22. The van der Waals surface area contributed by atoms with Crippen LogP contribution in [-0.4, -0.2) is 18.6 Å². The number of aromatic nitrogens is 1. The minimum absolute atomic E-state index is 0.152. The summed E-state index contributed by atoms with van der Waals surface area (Å²) in [7, 11) is 1.89. The van der Waals surface area contributed by atoms with E-state index in [1.54, 1.807) is 18.5 Å². The van der Waals surface area contributed by atoms with Gasteiger partial charge in [0.2, 0.25) is 0 Å². The zero-order valence-electron chi connectivity index (χ0n) is 11.9. The van der Waals surface area contributed by atoms with Crippen molar-refractivity contribution in [3.8, 4) is 0 Å². The van der Waals surface area contributed by atoms with E-state index in [0.717, 1.165) is 18.5 Å². The predicted molar refractivity (Wildman–Crippen MR) is 80.2 cm³/mol. The maximum absolute atomic E-state index is 14.1. The van der Waals surface area contributed by atoms with Crippen molar-refractivity contribution < 1.29 is 4.39 Å². The summed E-state index contributed by atoms with van der Waals surface area (Å²) in [5, 5.41) is 0. The summed E-state index contributed by atoms with van der Waals surface area (Å²) in [4.78, 5) is 5.90. The molecule has 0 aliphatic heterocycles. The van der Waals surface area contributed by atoms with Crippen molar-refractivity contribution in [2.75, 3.05) is 18.5 Å². The van der Waals surface area contributed by atoms with Crippen LogP contribution in [0.25, 0.3) is 0 Å². The molecule has 0 amide bonds. The second kappa shape index (κ2) is 6.48. The van der Waals surface area contributed by atoms with Crippen molar-refractivity contribution in [3.63, 3.8) is 0 Å². The molecule has 2 N–H and O–H groups in total. The van der Waals surface area contributed by atoms with Crippen LogP contribution in [-0.2, 0) is 6.42 Å². The molecular weight excluding hydrogens is 253 g/mol. The topological polar surface area (TPSA) is 42.1 Å². The fourth-order valence-corrected chi connectivity index (χ4v) is 2.08. The van der Waals surface area contributed by atoms with E-state index < -0.39 is 0 Å². The van der Waals surface area contributed by atoms with Gasteiger partial charge >= 0.3 is 0 Å². The molecule has 106 valence electrons. The maximum atomic E-state index is 14.1. The van der Waals surface area contributed by atoms with E-state index in [1.807, 2.05) is 37.1 Å². The first-order valence-corrected chi connectivity index (χ1v) is 6.73. The van der Waals surface area contributed by atoms with Crippen LogP contribution in [0.1, 0.15) is 24.1 Å². The first-order valence-electron chi connectivity index (χ1n) is 6.73. The summed E-state index contributed by atoms with van der Waals surface area (Å²) in [6.07, 6.45) is 4.40. The molecule has 4 heteroatoms. The molecule has 1 atom stereocenters. The Labute approximate surface area is 119 Å². The van der Waals surface area contributed by atoms with Crippen molar-refractivity contribution in [2.24, 2.45) is 5.73 Å². The van der Waals surface area contributed by atoms with E-state index in [-0.39, 0.29) is 11.9 Å². The van der Waals surface area contributed by atoms with Crippen molar-refractivity contribution in [1.29, 1.82) is 0 Å². The van der Waals surface area contributed by atoms with Gasteiger partial charge < -0.3 is 10.6 Å². The molecule has 1 unspecified atom stereocenters. The standard InChI is InChI=1S/C16H20FN3/c1-12(18)14-3-4-16(15(17)11-14)20(2)10-7-13-5-8-19-9-6-13/h3-6,8-9,11-12H,7,10,18H2,1-2H3. The minimum atomic E-state index is -0.225. The number of nitrogens with zero attached hydrogens (tertiary/aromatic N) is 2. The van der Waals surface area contributed by atoms with Gasteiger partial charge in [0.05, 0.1) is 5.69 Å². The molecule has 3 nitrogen and oxygen atoms in total. The van der Waals surface area contributed by atoms with E-state index in [2.05, 4.69) is 4.98 Å². The number of nitrogens with two attached hydrogens (primary N) is 1. The number of hydrogen-bond donors (Lipinski definition) is 1. The Hall–Kier alpha value is -1.94. The van der Waals surface area contributed by atoms with E-state index in [0.29, 0.717) is 5.69 Å². The summed E-state index contributed by atoms with van der Waals surface area (Å²) >= 11 is 0. The van der Waals surface area contributed by atoms with Crippen LogP contribution < -0.4 is 10.6 Å². The highest BCUT2D eigenvalue weighted by molar-refractivity contribution is 5.49. The maximum Gasteiger partial charge on any atom is 0.146 e. The third-order valence-corrected chi connectivity index (χ3v) is 3.39. The average molecular weight is 273 g/mol. The number of halogens is 1. The SMILES string of the molecule is CC(N)c1ccc(N(C)CCc2ccncc2)c(F)c1. The number of pyridine rings is 1. The zero-order valence-corrected chi connectivity index (χ0v) is 11.9. The van der Waals surface area contributed by atoms with Crippen LogP contribution in [0.15, 0.2) is 42.7 Å². The summed E-state index contributed by atoms with van der Waals surface area (Å²) in [5.41, 5.74) is 8.37. The lowest BCUT2D eigenvalue weighted by atomic mass is 10.1. The lowest BCUT2D eigenvalue weighted by Crippen LogP contribution is -2.21. The summed E-state index contributed by atoms with van der Waals surface area (Å²) < 4.78 is 14.1. The van der Waals surface area contributed by atoms with Gasteiger partial charge in [-0.2, -0.15) is 0 Å². The molecule has 0 spiro atoms. The number of rotatable bonds is 5. The Morgan fingerprint density at radius 2 is 1.95 bits per heavy atom. The number of hydrogen-bond acceptors (Lipinski definition) is 3. The van der Waals surface area contributed by atoms with E-state index in [9.17, 15) is 4.39 Å². The van der Waals surface area contributed by atoms with E-state index in [1.165, 1.54) is 11.6 Å². The fraction of sp³-hybridized carbons (Fsp3) is 0.312. The Morgan fingerprint density at radius 3 is 2.55 bits per heavy atom. The van der Waals surface area contributed by atoms with Crippen molar-refractivity contribution in [1.82, 2.24) is 4.98 Å². The van der Waals surface area contributed by atoms with Crippen LogP contribution in [0.2, 0.25) is 0 Å². The van der Waals surface area contributed by atoms with E-state index in [4.69, 9.17) is 5.73 Å². The Bertz CT molecular complexity index is 555. The van der Waals surface area contributed by atoms with Gasteiger partial charge in [0, 0.05) is 32.0 Å². The summed E-state index contributed by atoms with van der Waals surface area (Å²) in [6, 6.07) is 8.99. The first kappa shape index (κ1) is 14.5. The van der Waals surface area contributed by atoms with Gasteiger partial charge in [-0.1, -0.05) is 6.07 Å². The molecule has 0 fully saturated rings. The predicted octanol–water partition coefficient (Wildman–Crippen LogP) is 2.92. The number of benzene rings is 1. The molecule has 0 radical (unpaired) electrons. The summed E-state index contributed by atoms with van der Waals surface area (Å²) in [6.45, 7) is 2.60. The van der Waals surface area contributed by atoms with Gasteiger partial charge in [-0.3, -0.25) is 4.98 Å². The number of anilines is 1. The second-order valence-electron chi connectivity index (χ2n) is 5.03. The molecule has 0 saturated carbocycles. The smallest absolute Gasteiger partial charge is 0.146 e. The van der Waals surface area contributed by atoms with Crippen molar-refractivity contribution in [2.45, 2.75) is 19.4 Å². The van der Waals surface area contributed by atoms with Crippen molar-refractivity contribution in [3.05, 3.63) is 59.7 Å². The molecular formula is C16H20FN3. The number of likely N-dealkylation sites (N-methyl/N-ethyl adjacent to an activating group) is 1. The van der Waals surface area contributed by atoms with Gasteiger partial charge in [0.1, 0.15) is 5.82 Å². The fourth-order valence-electron chi connectivity index (χ4n) is 2.08. The molecule has 0 bridgehead atoms. The summed E-state index contributed by atoms with van der Waals surface area (Å²) in [5.74, 6) is -0.225. The lowest BCUT2D eigenvalue weighted by Gasteiger charge is -2.21. The van der Waals surface area contributed by atoms with Gasteiger partial charge in [-0.05, 0) is 48.7 Å². The Kier molecular flexibility index (Phi) is 4.69. The molecule has 20 heavy (non-hydrogen) atoms. The second-order valence-corrected chi connectivity index (χ2v) is 5.03. The third kappa shape index (κ3) is 3.54. The van der Waals surface area contributed by atoms with E-state index >= 15 is 0 Å². The molecule has 2 aromatic rings. The molecule has 1 heterocycles. The Morgan fingerprint density at radius 1 is 1.25 bits per heavy atom. The third-order valence-electron chi connectivity index (χ3n) is 3.39. The van der Waals surface area contributed by atoms with Gasteiger partial charge in [-0.15, -0.1) is 0 Å². The van der Waals surface area contributed by atoms with Crippen LogP contribution >= 0.6 is 0 Å². The van der Waals surface area contributed by atoms with Gasteiger partial charge in [0.25, 0.3) is 0 Å². The largest absolute Gasteiger partial charge is 0.372 e. The van der Waals surface area contributed by atoms with Crippen LogP contribution in [0.3, 0.4) is 0 Å². The van der Waals surface area contributed by atoms with Crippen LogP contribution in [0, 0.1) is 5.82 Å². The average Bonchev–Trinajstić information content (AvgIpc) is 2.45. The molecule has 1 aromatic heterocycles. The van der Waals surface area contributed by atoms with Gasteiger partial charge in [0.15, 0.2) is 0 Å². The highest BCUT2D eigenvalue weighted by Gasteiger charge is 2.10. The van der Waals surface area contributed by atoms with Crippen LogP contribution in [0.4, 0.5) is 10.1 Å². The molecule has 0 saturated heterocycles. The lowest BCUT2D eigenvalue weighted by molar-refractivity contribution is 0.617. The minimum Gasteiger partial charge on any atom is -0.372 e. The normalized spacial score (nSPS) is 12.2. The molecule has 2 rings (SSSR count). The first-order chi connectivity index (χ1) is 9.58.